The van der Waals surface area contributed by atoms with Crippen LogP contribution in [0.15, 0.2) is 12.1 Å². The summed E-state index contributed by atoms with van der Waals surface area (Å²) in [4.78, 5) is 25.2. The normalized spacial score (nSPS) is 27.5. The zero-order chi connectivity index (χ0) is 18.9. The minimum Gasteiger partial charge on any atom is -0.493 e. The third-order valence-electron chi connectivity index (χ3n) is 5.81. The number of aryl methyl sites for hydroxylation is 1. The summed E-state index contributed by atoms with van der Waals surface area (Å²) in [7, 11) is 3.23. The number of carbonyl (C=O) groups excluding carboxylic acids is 2. The minimum absolute atomic E-state index is 0.259. The molecular weight excluding hydrogens is 334 g/mol. The fourth-order valence-electron chi connectivity index (χ4n) is 4.16. The lowest BCUT2D eigenvalue weighted by atomic mass is 9.67. The lowest BCUT2D eigenvalue weighted by Crippen LogP contribution is -2.59. The molecular formula is C20H27NO5. The molecule has 1 aliphatic carbocycles. The van der Waals surface area contributed by atoms with Crippen LogP contribution >= 0.6 is 0 Å². The first-order valence-corrected chi connectivity index (χ1v) is 9.15. The molecule has 1 saturated heterocycles. The van der Waals surface area contributed by atoms with Crippen molar-refractivity contribution in [1.29, 1.82) is 0 Å². The van der Waals surface area contributed by atoms with Crippen molar-refractivity contribution < 1.29 is 23.8 Å². The molecule has 0 aromatic heterocycles. The first kappa shape index (κ1) is 18.5. The number of ether oxygens (including phenoxy) is 3. The lowest BCUT2D eigenvalue weighted by molar-refractivity contribution is -0.163. The van der Waals surface area contributed by atoms with Gasteiger partial charge in [0.2, 0.25) is 5.91 Å². The number of hydrogen-bond acceptors (Lipinski definition) is 5. The van der Waals surface area contributed by atoms with E-state index >= 15 is 0 Å². The van der Waals surface area contributed by atoms with Crippen LogP contribution in [0, 0.1) is 5.41 Å². The monoisotopic (exact) mass is 361 g/mol. The summed E-state index contributed by atoms with van der Waals surface area (Å²) in [5, 5.41) is 3.17. The highest BCUT2D eigenvalue weighted by atomic mass is 16.5. The number of carbonyl (C=O) groups is 2. The number of amides is 1. The van der Waals surface area contributed by atoms with E-state index in [0.29, 0.717) is 24.3 Å². The van der Waals surface area contributed by atoms with Crippen molar-refractivity contribution >= 4 is 11.9 Å². The summed E-state index contributed by atoms with van der Waals surface area (Å²) in [6, 6.07) is 3.97. The molecule has 142 valence electrons. The summed E-state index contributed by atoms with van der Waals surface area (Å²) in [5.74, 6) is 0.642. The van der Waals surface area contributed by atoms with Gasteiger partial charge < -0.3 is 19.5 Å². The lowest BCUT2D eigenvalue weighted by Gasteiger charge is -2.47. The van der Waals surface area contributed by atoms with Gasteiger partial charge in [-0.25, -0.2) is 0 Å². The number of rotatable bonds is 4. The van der Waals surface area contributed by atoms with Gasteiger partial charge in [0, 0.05) is 0 Å². The zero-order valence-corrected chi connectivity index (χ0v) is 15.9. The Hall–Kier alpha value is -2.24. The molecule has 1 fully saturated rings. The molecule has 1 aromatic rings. The highest BCUT2D eigenvalue weighted by Crippen LogP contribution is 2.48. The number of piperidine rings is 1. The number of fused-ring (bicyclic) bond motifs is 2. The van der Waals surface area contributed by atoms with Crippen molar-refractivity contribution in [2.75, 3.05) is 20.8 Å². The molecule has 1 aromatic carbocycles. The van der Waals surface area contributed by atoms with E-state index < -0.39 is 16.9 Å². The van der Waals surface area contributed by atoms with Gasteiger partial charge >= 0.3 is 5.97 Å². The van der Waals surface area contributed by atoms with Gasteiger partial charge in [-0.3, -0.25) is 9.59 Å². The molecule has 26 heavy (non-hydrogen) atoms. The molecule has 2 atom stereocenters. The van der Waals surface area contributed by atoms with Crippen molar-refractivity contribution in [3.8, 4) is 11.5 Å². The largest absolute Gasteiger partial charge is 0.493 e. The second kappa shape index (κ2) is 6.82. The predicted molar refractivity (Wildman–Crippen MR) is 96.3 cm³/mol. The summed E-state index contributed by atoms with van der Waals surface area (Å²) >= 11 is 0. The molecule has 3 rings (SSSR count). The van der Waals surface area contributed by atoms with E-state index in [0.717, 1.165) is 30.4 Å². The molecule has 0 radical (unpaired) electrons. The maximum Gasteiger partial charge on any atom is 0.321 e. The van der Waals surface area contributed by atoms with Crippen LogP contribution in [0.2, 0.25) is 0 Å². The predicted octanol–water partition coefficient (Wildman–Crippen LogP) is 2.71. The first-order valence-electron chi connectivity index (χ1n) is 9.15. The molecule has 2 aliphatic rings. The smallest absolute Gasteiger partial charge is 0.321 e. The van der Waals surface area contributed by atoms with Crippen molar-refractivity contribution in [2.24, 2.45) is 5.41 Å². The molecule has 6 nitrogen and oxygen atoms in total. The van der Waals surface area contributed by atoms with Gasteiger partial charge in [0.1, 0.15) is 5.41 Å². The van der Waals surface area contributed by atoms with Gasteiger partial charge in [-0.15, -0.1) is 0 Å². The standard InChI is InChI=1S/C20H27NO5/c1-5-26-18(23)19(2)9-10-20(21-17(19)22)8-6-7-13-11-15(24-3)16(25-4)12-14(13)20/h11-12H,5-10H2,1-4H3,(H,21,22). The molecule has 0 bridgehead atoms. The highest BCUT2D eigenvalue weighted by Gasteiger charge is 2.52. The second-order valence-corrected chi connectivity index (χ2v) is 7.31. The maximum absolute atomic E-state index is 12.9. The summed E-state index contributed by atoms with van der Waals surface area (Å²) < 4.78 is 16.0. The minimum atomic E-state index is -1.13. The van der Waals surface area contributed by atoms with E-state index in [-0.39, 0.29) is 12.5 Å². The summed E-state index contributed by atoms with van der Waals surface area (Å²) in [5.41, 5.74) is 0.639. The van der Waals surface area contributed by atoms with Gasteiger partial charge in [0.25, 0.3) is 0 Å². The van der Waals surface area contributed by atoms with Gasteiger partial charge in [0.15, 0.2) is 11.5 Å². The number of benzene rings is 1. The van der Waals surface area contributed by atoms with Gasteiger partial charge in [-0.05, 0) is 69.2 Å². The second-order valence-electron chi connectivity index (χ2n) is 7.31. The maximum atomic E-state index is 12.9. The molecule has 1 aliphatic heterocycles. The highest BCUT2D eigenvalue weighted by molar-refractivity contribution is 6.03. The van der Waals surface area contributed by atoms with E-state index in [1.54, 1.807) is 28.1 Å². The van der Waals surface area contributed by atoms with Crippen molar-refractivity contribution in [3.63, 3.8) is 0 Å². The van der Waals surface area contributed by atoms with Crippen LogP contribution in [0.1, 0.15) is 50.7 Å². The topological polar surface area (TPSA) is 73.9 Å². The molecule has 1 spiro atoms. The van der Waals surface area contributed by atoms with Gasteiger partial charge in [-0.1, -0.05) is 0 Å². The Morgan fingerprint density at radius 2 is 1.85 bits per heavy atom. The summed E-state index contributed by atoms with van der Waals surface area (Å²) in [6.07, 6.45) is 3.91. The number of methoxy groups -OCH3 is 2. The number of esters is 1. The fourth-order valence-corrected chi connectivity index (χ4v) is 4.16. The average Bonchev–Trinajstić information content (AvgIpc) is 2.64. The van der Waals surface area contributed by atoms with Crippen LogP contribution in [-0.2, 0) is 26.3 Å². The molecule has 6 heteroatoms. The molecule has 1 amide bonds. The number of hydrogen-bond donors (Lipinski definition) is 1. The summed E-state index contributed by atoms with van der Waals surface area (Å²) in [6.45, 7) is 3.69. The Morgan fingerprint density at radius 3 is 2.46 bits per heavy atom. The quantitative estimate of drug-likeness (QED) is 0.659. The van der Waals surface area contributed by atoms with Crippen LogP contribution in [0.3, 0.4) is 0 Å². The van der Waals surface area contributed by atoms with Crippen LogP contribution in [0.25, 0.3) is 0 Å². The molecule has 1 heterocycles. The Balaban J connectivity index is 1.97. The first-order chi connectivity index (χ1) is 12.4. The Bertz CT molecular complexity index is 731. The van der Waals surface area contributed by atoms with E-state index in [4.69, 9.17) is 14.2 Å². The Labute approximate surface area is 154 Å². The van der Waals surface area contributed by atoms with E-state index in [9.17, 15) is 9.59 Å². The van der Waals surface area contributed by atoms with E-state index in [1.807, 2.05) is 12.1 Å². The number of nitrogens with one attached hydrogen (secondary N) is 1. The zero-order valence-electron chi connectivity index (χ0n) is 15.9. The third kappa shape index (κ3) is 2.81. The molecule has 1 N–H and O–H groups in total. The van der Waals surface area contributed by atoms with E-state index in [2.05, 4.69) is 5.32 Å². The fraction of sp³-hybridized carbons (Fsp3) is 0.600. The van der Waals surface area contributed by atoms with Crippen LogP contribution in [0.5, 0.6) is 11.5 Å². The third-order valence-corrected chi connectivity index (χ3v) is 5.81. The van der Waals surface area contributed by atoms with Gasteiger partial charge in [-0.2, -0.15) is 0 Å². The van der Waals surface area contributed by atoms with Crippen LogP contribution in [-0.4, -0.2) is 32.7 Å². The van der Waals surface area contributed by atoms with Crippen molar-refractivity contribution in [3.05, 3.63) is 23.3 Å². The van der Waals surface area contributed by atoms with Gasteiger partial charge in [0.05, 0.1) is 26.4 Å². The Morgan fingerprint density at radius 1 is 1.15 bits per heavy atom. The van der Waals surface area contributed by atoms with Crippen molar-refractivity contribution in [1.82, 2.24) is 5.32 Å². The molecule has 2 unspecified atom stereocenters. The average molecular weight is 361 g/mol. The molecule has 0 saturated carbocycles. The van der Waals surface area contributed by atoms with Crippen LogP contribution < -0.4 is 14.8 Å². The SMILES string of the molecule is CCOC(=O)C1(C)CCC2(CCCc3cc(OC)c(OC)cc32)NC1=O. The Kier molecular flexibility index (Phi) is 4.86. The van der Waals surface area contributed by atoms with E-state index in [1.165, 1.54) is 0 Å². The van der Waals surface area contributed by atoms with Crippen molar-refractivity contribution in [2.45, 2.75) is 51.5 Å². The van der Waals surface area contributed by atoms with Crippen LogP contribution in [0.4, 0.5) is 0 Å².